The van der Waals surface area contributed by atoms with Gasteiger partial charge in [-0.25, -0.2) is 14.2 Å². The predicted molar refractivity (Wildman–Crippen MR) is 272 cm³/mol. The number of nitrogens with one attached hydrogen (secondary N) is 6. The summed E-state index contributed by atoms with van der Waals surface area (Å²) in [5, 5.41) is 26.6. The number of hydrogen-bond acceptors (Lipinski definition) is 14. The van der Waals surface area contributed by atoms with E-state index in [0.29, 0.717) is 86.9 Å². The van der Waals surface area contributed by atoms with E-state index in [4.69, 9.17) is 14.5 Å². The number of carbonyl (C=O) groups is 9. The summed E-state index contributed by atoms with van der Waals surface area (Å²) in [4.78, 5) is 134. The number of esters is 1. The summed E-state index contributed by atoms with van der Waals surface area (Å²) in [7, 11) is 0.348. The molecular formula is C52H58FN9O13Si. The summed E-state index contributed by atoms with van der Waals surface area (Å²) < 4.78 is 27.7. The molecule has 2 aromatic carbocycles. The molecule has 0 spiro atoms. The minimum atomic E-state index is -2.05. The van der Waals surface area contributed by atoms with Crippen LogP contribution in [0.25, 0.3) is 22.3 Å². The number of ether oxygens (including phenoxy) is 2. The molecule has 0 radical (unpaired) electrons. The van der Waals surface area contributed by atoms with Crippen molar-refractivity contribution in [3.8, 4) is 11.4 Å². The monoisotopic (exact) mass is 1060 g/mol. The fourth-order valence-electron chi connectivity index (χ4n) is 10.1. The van der Waals surface area contributed by atoms with Crippen molar-refractivity contribution in [2.75, 3.05) is 39.5 Å². The fourth-order valence-corrected chi connectivity index (χ4v) is 11.2. The Morgan fingerprint density at radius 3 is 2.30 bits per heavy atom. The first-order valence-electron chi connectivity index (χ1n) is 25.0. The molecule has 400 valence electrons. The summed E-state index contributed by atoms with van der Waals surface area (Å²) in [6, 6.07) is 10.5. The summed E-state index contributed by atoms with van der Waals surface area (Å²) in [6.07, 6.45) is 4.86. The third-order valence-corrected chi connectivity index (χ3v) is 15.4. The molecule has 0 saturated heterocycles. The zero-order valence-corrected chi connectivity index (χ0v) is 44.2. The molecule has 5 heterocycles. The molecule has 7 N–H and O–H groups in total. The van der Waals surface area contributed by atoms with E-state index < -0.39 is 103 Å². The molecule has 4 aliphatic rings. The van der Waals surface area contributed by atoms with Crippen molar-refractivity contribution in [1.82, 2.24) is 46.4 Å². The lowest BCUT2D eigenvalue weighted by Gasteiger charge is -2.38. The number of unbranched alkanes of at least 4 members (excludes halogenated alkanes) is 2. The van der Waals surface area contributed by atoms with Crippen molar-refractivity contribution >= 4 is 74.4 Å². The van der Waals surface area contributed by atoms with Crippen molar-refractivity contribution in [2.24, 2.45) is 0 Å². The lowest BCUT2D eigenvalue weighted by molar-refractivity contribution is -0.172. The average molecular weight is 1060 g/mol. The van der Waals surface area contributed by atoms with Gasteiger partial charge in [0.25, 0.3) is 17.4 Å². The number of amides is 8. The number of halogens is 1. The number of aromatic nitrogens is 2. The number of carbonyl (C=O) groups excluding carboxylic acids is 9. The standard InChI is InChI=1S/C52H58FN9O13Si/c1-3-51(73)33-19-37-47-31(24-62(37)49(71)32(33)25-75-50(51)72)46-45-30(28(2)34(53)20-35(45)59-47)15-16-52(46,76)60-42(67)26-74-27-57-40(65)22-56-48(70)36(18-29-10-6-4-7-11-29)58-41(66)23-55-39(64)21-54-38(63)12-8-5-9-17-61-43(68)13-14-44(61)69/h4,6-7,10-11,13-14,19-20,36,73H,3,5,8-9,12,15-18,21-27H2,1-2,76H3,(H,54,63)(H,55,64)(H,56,70)(H,57,65)(H,58,66)(H,60,67)/t36-,51-,52-/m0/s1. The lowest BCUT2D eigenvalue weighted by atomic mass is 9.81. The van der Waals surface area contributed by atoms with Gasteiger partial charge in [-0.15, -0.1) is 0 Å². The maximum atomic E-state index is 15.5. The van der Waals surface area contributed by atoms with Crippen LogP contribution in [-0.2, 0) is 89.4 Å². The van der Waals surface area contributed by atoms with Gasteiger partial charge in [0.15, 0.2) is 5.60 Å². The number of hydrogen-bond donors (Lipinski definition) is 7. The molecular weight excluding hydrogens is 1010 g/mol. The van der Waals surface area contributed by atoms with Gasteiger partial charge in [0.05, 0.1) is 48.6 Å². The van der Waals surface area contributed by atoms with Gasteiger partial charge in [0.2, 0.25) is 35.4 Å². The zero-order valence-electron chi connectivity index (χ0n) is 42.2. The van der Waals surface area contributed by atoms with Crippen molar-refractivity contribution < 1.29 is 62.1 Å². The number of imide groups is 1. The van der Waals surface area contributed by atoms with Crippen LogP contribution in [0, 0.1) is 12.7 Å². The maximum absolute atomic E-state index is 15.5. The molecule has 1 aliphatic carbocycles. The van der Waals surface area contributed by atoms with Gasteiger partial charge in [-0.1, -0.05) is 43.7 Å². The highest BCUT2D eigenvalue weighted by Gasteiger charge is 2.47. The molecule has 2 aromatic heterocycles. The highest BCUT2D eigenvalue weighted by Crippen LogP contribution is 2.47. The Hall–Kier alpha value is -7.96. The minimum Gasteiger partial charge on any atom is -0.458 e. The van der Waals surface area contributed by atoms with Gasteiger partial charge < -0.3 is 51.0 Å². The number of aliphatic hydroxyl groups is 1. The minimum absolute atomic E-state index is 0.0374. The second-order valence-electron chi connectivity index (χ2n) is 19.3. The van der Waals surface area contributed by atoms with E-state index in [2.05, 4.69) is 31.9 Å². The Morgan fingerprint density at radius 2 is 1.57 bits per heavy atom. The third-order valence-electron chi connectivity index (χ3n) is 14.2. The van der Waals surface area contributed by atoms with Crippen LogP contribution in [-0.4, -0.2) is 129 Å². The zero-order chi connectivity index (χ0) is 54.5. The number of benzene rings is 2. The molecule has 4 aromatic rings. The summed E-state index contributed by atoms with van der Waals surface area (Å²) in [5.41, 5.74) is 1.98. The van der Waals surface area contributed by atoms with Crippen molar-refractivity contribution in [1.29, 1.82) is 0 Å². The van der Waals surface area contributed by atoms with Crippen molar-refractivity contribution in [3.63, 3.8) is 0 Å². The highest BCUT2D eigenvalue weighted by molar-refractivity contribution is 6.19. The van der Waals surface area contributed by atoms with Crippen LogP contribution in [0.15, 0.2) is 59.4 Å². The Morgan fingerprint density at radius 1 is 0.868 bits per heavy atom. The van der Waals surface area contributed by atoms with Crippen LogP contribution >= 0.6 is 0 Å². The molecule has 8 rings (SSSR count). The summed E-state index contributed by atoms with van der Waals surface area (Å²) >= 11 is 0. The second-order valence-corrected chi connectivity index (χ2v) is 21.0. The van der Waals surface area contributed by atoms with E-state index in [1.807, 2.05) is 0 Å². The van der Waals surface area contributed by atoms with E-state index in [-0.39, 0.29) is 61.9 Å². The van der Waals surface area contributed by atoms with Gasteiger partial charge in [-0.3, -0.25) is 48.1 Å². The van der Waals surface area contributed by atoms with Crippen molar-refractivity contribution in [2.45, 2.75) is 95.2 Å². The highest BCUT2D eigenvalue weighted by atomic mass is 28.1. The number of rotatable bonds is 22. The third kappa shape index (κ3) is 11.5. The Kier molecular flexibility index (Phi) is 16.3. The van der Waals surface area contributed by atoms with E-state index in [9.17, 15) is 53.1 Å². The Labute approximate surface area is 437 Å². The molecule has 0 unspecified atom stereocenters. The van der Waals surface area contributed by atoms with Gasteiger partial charge in [-0.2, -0.15) is 0 Å². The first-order chi connectivity index (χ1) is 36.3. The number of fused-ring (bicyclic) bond motifs is 5. The molecule has 24 heteroatoms. The van der Waals surface area contributed by atoms with E-state index in [1.54, 1.807) is 50.2 Å². The van der Waals surface area contributed by atoms with Gasteiger partial charge in [0, 0.05) is 69.5 Å². The molecule has 3 atom stereocenters. The number of pyridine rings is 2. The first kappa shape index (κ1) is 54.3. The quantitative estimate of drug-likeness (QED) is 0.0140. The van der Waals surface area contributed by atoms with E-state index in [0.717, 1.165) is 10.5 Å². The first-order valence-corrected chi connectivity index (χ1v) is 26.0. The molecule has 22 nitrogen and oxygen atoms in total. The summed E-state index contributed by atoms with van der Waals surface area (Å²) in [6.45, 7) is 0.922. The summed E-state index contributed by atoms with van der Waals surface area (Å²) in [5.74, 6) is -5.75. The van der Waals surface area contributed by atoms with E-state index in [1.165, 1.54) is 22.8 Å². The SMILES string of the molecule is CC[C@@]1(O)C(=O)OCc2c1cc1n(c2=O)Cc2c-1nc1cc(F)c(C)c3c1c2[C@]([SiH3])(NC(=O)COCNC(=O)CNC(=O)[C@H](Cc1ccccc1)NC(=O)CNC(=O)CNC(=O)CCCCCN1C(=O)C=CC1=O)CC3. The number of nitrogens with zero attached hydrogens (tertiary/aromatic N) is 3. The smallest absolute Gasteiger partial charge is 0.343 e. The van der Waals surface area contributed by atoms with E-state index >= 15 is 4.39 Å². The molecule has 3 aliphatic heterocycles. The van der Waals surface area contributed by atoms with Crippen LogP contribution < -0.4 is 37.5 Å². The maximum Gasteiger partial charge on any atom is 0.343 e. The molecule has 76 heavy (non-hydrogen) atoms. The van der Waals surface area contributed by atoms with Crippen LogP contribution in [0.4, 0.5) is 4.39 Å². The second kappa shape index (κ2) is 22.9. The van der Waals surface area contributed by atoms with Gasteiger partial charge in [0.1, 0.15) is 31.8 Å². The Balaban J connectivity index is 0.818. The fraction of sp³-hybridized carbons (Fsp3) is 0.404. The normalized spacial score (nSPS) is 18.3. The molecule has 0 fully saturated rings. The molecule has 0 bridgehead atoms. The predicted octanol–water partition coefficient (Wildman–Crippen LogP) is -1.24. The molecule has 8 amide bonds. The van der Waals surface area contributed by atoms with Crippen molar-refractivity contribution in [3.05, 3.63) is 110 Å². The number of cyclic esters (lactones) is 1. The van der Waals surface area contributed by atoms with Gasteiger partial charge in [-0.05, 0) is 67.3 Å². The Bertz CT molecular complexity index is 3150. The average Bonchev–Trinajstić information content (AvgIpc) is 4.00. The number of aryl methyl sites for hydroxylation is 1. The van der Waals surface area contributed by atoms with Crippen LogP contribution in [0.3, 0.4) is 0 Å². The van der Waals surface area contributed by atoms with Crippen LogP contribution in [0.2, 0.25) is 0 Å². The van der Waals surface area contributed by atoms with Crippen LogP contribution in [0.1, 0.15) is 84.4 Å². The topological polar surface area (TPSA) is 303 Å². The van der Waals surface area contributed by atoms with Gasteiger partial charge >= 0.3 is 5.97 Å². The lowest BCUT2D eigenvalue weighted by Crippen LogP contribution is -2.52. The largest absolute Gasteiger partial charge is 0.458 e. The van der Waals surface area contributed by atoms with Crippen LogP contribution in [0.5, 0.6) is 0 Å². The molecule has 0 saturated carbocycles.